The first kappa shape index (κ1) is 14.7. The van der Waals surface area contributed by atoms with Crippen molar-refractivity contribution in [3.8, 4) is 5.75 Å². The van der Waals surface area contributed by atoms with Crippen molar-refractivity contribution in [2.24, 2.45) is 5.92 Å². The van der Waals surface area contributed by atoms with Gasteiger partial charge in [-0.1, -0.05) is 25.4 Å². The summed E-state index contributed by atoms with van der Waals surface area (Å²) >= 11 is 6.10. The topological polar surface area (TPSA) is 12.5 Å². The maximum atomic E-state index is 6.10. The normalized spacial score (nSPS) is 20.5. The lowest BCUT2D eigenvalue weighted by molar-refractivity contribution is 0.153. The van der Waals surface area contributed by atoms with Crippen molar-refractivity contribution in [3.05, 3.63) is 28.8 Å². The molecule has 1 aliphatic heterocycles. The molecule has 0 spiro atoms. The van der Waals surface area contributed by atoms with Crippen LogP contribution in [0.2, 0.25) is 5.02 Å². The summed E-state index contributed by atoms with van der Waals surface area (Å²) in [5.74, 6) is 1.77. The summed E-state index contributed by atoms with van der Waals surface area (Å²) in [5.41, 5.74) is 1.16. The van der Waals surface area contributed by atoms with Crippen LogP contribution in [0.25, 0.3) is 0 Å². The summed E-state index contributed by atoms with van der Waals surface area (Å²) in [7, 11) is 0. The lowest BCUT2D eigenvalue weighted by Gasteiger charge is -2.30. The van der Waals surface area contributed by atoms with Gasteiger partial charge in [0.2, 0.25) is 0 Å². The molecule has 1 aromatic carbocycles. The summed E-state index contributed by atoms with van der Waals surface area (Å²) in [6.07, 6.45) is 3.64. The van der Waals surface area contributed by atoms with Gasteiger partial charge in [-0.15, -0.1) is 0 Å². The Balaban J connectivity index is 1.79. The highest BCUT2D eigenvalue weighted by Gasteiger charge is 2.15. The van der Waals surface area contributed by atoms with E-state index in [2.05, 4.69) is 24.8 Å². The Morgan fingerprint density at radius 3 is 3.00 bits per heavy atom. The Labute approximate surface area is 121 Å². The molecule has 3 heteroatoms. The molecule has 0 amide bonds. The maximum absolute atomic E-state index is 6.10. The van der Waals surface area contributed by atoms with E-state index in [1.807, 2.05) is 12.1 Å². The zero-order valence-corrected chi connectivity index (χ0v) is 12.7. The first-order chi connectivity index (χ1) is 9.19. The van der Waals surface area contributed by atoms with Crippen LogP contribution >= 0.6 is 11.6 Å². The van der Waals surface area contributed by atoms with E-state index in [9.17, 15) is 0 Å². The van der Waals surface area contributed by atoms with Gasteiger partial charge in [-0.2, -0.15) is 0 Å². The molecule has 2 rings (SSSR count). The van der Waals surface area contributed by atoms with E-state index in [0.29, 0.717) is 0 Å². The number of hydrogen-bond acceptors (Lipinski definition) is 2. The first-order valence-corrected chi connectivity index (χ1v) is 7.70. The van der Waals surface area contributed by atoms with E-state index in [0.717, 1.165) is 41.8 Å². The van der Waals surface area contributed by atoms with Crippen LogP contribution in [0.5, 0.6) is 5.75 Å². The number of nitrogens with zero attached hydrogens (tertiary/aromatic N) is 1. The van der Waals surface area contributed by atoms with Gasteiger partial charge in [0.15, 0.2) is 0 Å². The van der Waals surface area contributed by atoms with Crippen LogP contribution in [0.1, 0.15) is 32.3 Å². The molecule has 1 aromatic rings. The highest BCUT2D eigenvalue weighted by atomic mass is 35.5. The molecule has 1 aliphatic rings. The van der Waals surface area contributed by atoms with Crippen molar-refractivity contribution >= 4 is 11.6 Å². The quantitative estimate of drug-likeness (QED) is 0.808. The van der Waals surface area contributed by atoms with Gasteiger partial charge in [-0.05, 0) is 55.5 Å². The van der Waals surface area contributed by atoms with E-state index in [4.69, 9.17) is 16.3 Å². The largest absolute Gasteiger partial charge is 0.492 e. The van der Waals surface area contributed by atoms with E-state index < -0.39 is 0 Å². The van der Waals surface area contributed by atoms with E-state index >= 15 is 0 Å². The molecule has 0 bridgehead atoms. The zero-order chi connectivity index (χ0) is 13.7. The fourth-order valence-electron chi connectivity index (χ4n) is 2.69. The summed E-state index contributed by atoms with van der Waals surface area (Å²) in [5, 5.41) is 0.833. The highest BCUT2D eigenvalue weighted by Crippen LogP contribution is 2.22. The monoisotopic (exact) mass is 281 g/mol. The number of hydrogen-bond donors (Lipinski definition) is 0. The molecule has 19 heavy (non-hydrogen) atoms. The van der Waals surface area contributed by atoms with Gasteiger partial charge in [0.05, 0.1) is 0 Å². The molecule has 0 radical (unpaired) electrons. The number of halogens is 1. The van der Waals surface area contributed by atoms with Crippen molar-refractivity contribution in [1.29, 1.82) is 0 Å². The fraction of sp³-hybridized carbons (Fsp3) is 0.625. The number of likely N-dealkylation sites (tertiary alicyclic amines) is 1. The molecule has 0 saturated carbocycles. The Bertz CT molecular complexity index is 408. The third-order valence-corrected chi connectivity index (χ3v) is 4.18. The Kier molecular flexibility index (Phi) is 5.53. The SMILES string of the molecule is CCc1cc(OCCN2CCCC(C)C2)ccc1Cl. The van der Waals surface area contributed by atoms with E-state index in [-0.39, 0.29) is 0 Å². The standard InChI is InChI=1S/C16H24ClNO/c1-3-14-11-15(6-7-16(14)17)19-10-9-18-8-4-5-13(2)12-18/h6-7,11,13H,3-5,8-10,12H2,1-2H3. The average Bonchev–Trinajstić information content (AvgIpc) is 2.41. The minimum absolute atomic E-state index is 0.761. The van der Waals surface area contributed by atoms with Crippen molar-refractivity contribution < 1.29 is 4.74 Å². The molecule has 1 atom stereocenters. The van der Waals surface area contributed by atoms with Crippen LogP contribution in [-0.4, -0.2) is 31.1 Å². The molecule has 1 saturated heterocycles. The van der Waals surface area contributed by atoms with Gasteiger partial charge in [0.1, 0.15) is 12.4 Å². The average molecular weight is 282 g/mol. The summed E-state index contributed by atoms with van der Waals surface area (Å²) in [6.45, 7) is 8.66. The van der Waals surface area contributed by atoms with Crippen molar-refractivity contribution in [1.82, 2.24) is 4.90 Å². The molecule has 1 fully saturated rings. The van der Waals surface area contributed by atoms with Crippen LogP contribution in [0.15, 0.2) is 18.2 Å². The van der Waals surface area contributed by atoms with Crippen LogP contribution in [-0.2, 0) is 6.42 Å². The smallest absolute Gasteiger partial charge is 0.119 e. The lowest BCUT2D eigenvalue weighted by atomic mass is 10.0. The third kappa shape index (κ3) is 4.39. The Morgan fingerprint density at radius 1 is 1.42 bits per heavy atom. The van der Waals surface area contributed by atoms with Crippen LogP contribution < -0.4 is 4.74 Å². The number of aryl methyl sites for hydroxylation is 1. The number of benzene rings is 1. The highest BCUT2D eigenvalue weighted by molar-refractivity contribution is 6.31. The molecular formula is C16H24ClNO. The van der Waals surface area contributed by atoms with Gasteiger partial charge in [0, 0.05) is 18.1 Å². The van der Waals surface area contributed by atoms with Gasteiger partial charge in [-0.3, -0.25) is 4.90 Å². The van der Waals surface area contributed by atoms with E-state index in [1.165, 1.54) is 25.9 Å². The van der Waals surface area contributed by atoms with Crippen molar-refractivity contribution in [2.75, 3.05) is 26.2 Å². The van der Waals surface area contributed by atoms with Gasteiger partial charge < -0.3 is 4.74 Å². The fourth-order valence-corrected chi connectivity index (χ4v) is 2.95. The van der Waals surface area contributed by atoms with Crippen LogP contribution in [0.3, 0.4) is 0 Å². The molecule has 2 nitrogen and oxygen atoms in total. The summed E-state index contributed by atoms with van der Waals surface area (Å²) in [4.78, 5) is 2.50. The predicted molar refractivity (Wildman–Crippen MR) is 81.2 cm³/mol. The van der Waals surface area contributed by atoms with Crippen LogP contribution in [0.4, 0.5) is 0 Å². The first-order valence-electron chi connectivity index (χ1n) is 7.32. The van der Waals surface area contributed by atoms with E-state index in [1.54, 1.807) is 0 Å². The molecule has 1 unspecified atom stereocenters. The third-order valence-electron chi connectivity index (χ3n) is 3.82. The molecule has 0 aliphatic carbocycles. The van der Waals surface area contributed by atoms with Crippen molar-refractivity contribution in [3.63, 3.8) is 0 Å². The molecule has 0 N–H and O–H groups in total. The molecule has 106 valence electrons. The maximum Gasteiger partial charge on any atom is 0.119 e. The predicted octanol–water partition coefficient (Wildman–Crippen LogP) is 4.01. The minimum atomic E-state index is 0.761. The minimum Gasteiger partial charge on any atom is -0.492 e. The second-order valence-electron chi connectivity index (χ2n) is 5.50. The molecule has 1 heterocycles. The zero-order valence-electron chi connectivity index (χ0n) is 12.0. The Hall–Kier alpha value is -0.730. The van der Waals surface area contributed by atoms with Gasteiger partial charge >= 0.3 is 0 Å². The van der Waals surface area contributed by atoms with Crippen LogP contribution in [0, 0.1) is 5.92 Å². The lowest BCUT2D eigenvalue weighted by Crippen LogP contribution is -2.37. The summed E-state index contributed by atoms with van der Waals surface area (Å²) < 4.78 is 5.84. The Morgan fingerprint density at radius 2 is 2.26 bits per heavy atom. The molecular weight excluding hydrogens is 258 g/mol. The number of piperidine rings is 1. The molecule has 0 aromatic heterocycles. The number of ether oxygens (including phenoxy) is 1. The second kappa shape index (κ2) is 7.16. The summed E-state index contributed by atoms with van der Waals surface area (Å²) in [6, 6.07) is 5.94. The van der Waals surface area contributed by atoms with Gasteiger partial charge in [-0.25, -0.2) is 0 Å². The van der Waals surface area contributed by atoms with Crippen molar-refractivity contribution in [2.45, 2.75) is 33.1 Å². The number of rotatable bonds is 5. The van der Waals surface area contributed by atoms with Gasteiger partial charge in [0.25, 0.3) is 0 Å². The second-order valence-corrected chi connectivity index (χ2v) is 5.91.